The zero-order valence-corrected chi connectivity index (χ0v) is 9.48. The topological polar surface area (TPSA) is 49.7 Å². The first kappa shape index (κ1) is 13.1. The van der Waals surface area contributed by atoms with Crippen molar-refractivity contribution in [2.45, 2.75) is 25.6 Å². The van der Waals surface area contributed by atoms with E-state index in [1.54, 1.807) is 12.1 Å². The van der Waals surface area contributed by atoms with Crippen molar-refractivity contribution in [2.24, 2.45) is 0 Å². The van der Waals surface area contributed by atoms with Gasteiger partial charge in [-0.25, -0.2) is 4.39 Å². The van der Waals surface area contributed by atoms with E-state index in [9.17, 15) is 9.50 Å². The third kappa shape index (κ3) is 3.56. The number of aliphatic hydroxyl groups is 2. The van der Waals surface area contributed by atoms with E-state index < -0.39 is 11.7 Å². The Kier molecular flexibility index (Phi) is 4.41. The fourth-order valence-corrected chi connectivity index (χ4v) is 1.29. The van der Waals surface area contributed by atoms with E-state index in [-0.39, 0.29) is 19.0 Å². The minimum Gasteiger partial charge on any atom is -0.394 e. The van der Waals surface area contributed by atoms with Gasteiger partial charge in [0.1, 0.15) is 11.9 Å². The lowest BCUT2D eigenvalue weighted by molar-refractivity contribution is -0.0741. The van der Waals surface area contributed by atoms with Gasteiger partial charge >= 0.3 is 0 Å². The molecule has 0 heterocycles. The van der Waals surface area contributed by atoms with E-state index in [2.05, 4.69) is 0 Å². The van der Waals surface area contributed by atoms with Gasteiger partial charge in [0.15, 0.2) is 0 Å². The largest absolute Gasteiger partial charge is 0.394 e. The highest BCUT2D eigenvalue weighted by Crippen LogP contribution is 2.24. The monoisotopic (exact) mass is 228 g/mol. The molecule has 0 bridgehead atoms. The van der Waals surface area contributed by atoms with Gasteiger partial charge < -0.3 is 14.9 Å². The van der Waals surface area contributed by atoms with Crippen LogP contribution in [0.3, 0.4) is 0 Å². The second kappa shape index (κ2) is 5.39. The summed E-state index contributed by atoms with van der Waals surface area (Å²) in [5.41, 5.74) is 0.197. The van der Waals surface area contributed by atoms with Crippen LogP contribution < -0.4 is 0 Å². The van der Waals surface area contributed by atoms with Crippen LogP contribution in [0.25, 0.3) is 0 Å². The van der Waals surface area contributed by atoms with Crippen LogP contribution in [0.1, 0.15) is 19.4 Å². The Labute approximate surface area is 94.5 Å². The van der Waals surface area contributed by atoms with Crippen LogP contribution in [-0.4, -0.2) is 29.5 Å². The lowest BCUT2D eigenvalue weighted by Gasteiger charge is -2.27. The van der Waals surface area contributed by atoms with Crippen LogP contribution in [0.2, 0.25) is 0 Å². The smallest absolute Gasteiger partial charge is 0.123 e. The highest BCUT2D eigenvalue weighted by atomic mass is 19.1. The van der Waals surface area contributed by atoms with Gasteiger partial charge in [0.25, 0.3) is 0 Å². The fraction of sp³-hybridized carbons (Fsp3) is 0.500. The zero-order chi connectivity index (χ0) is 12.2. The molecule has 16 heavy (non-hydrogen) atoms. The predicted molar refractivity (Wildman–Crippen MR) is 58.5 cm³/mol. The standard InChI is InChI=1S/C12H17FO3/c1-12(2,16-8-11(15)7-14)9-3-5-10(13)6-4-9/h3-6,11,14-15H,7-8H2,1-2H3/t11-/m0/s1. The molecule has 2 N–H and O–H groups in total. The molecule has 1 rings (SSSR count). The second-order valence-electron chi connectivity index (χ2n) is 4.16. The molecule has 90 valence electrons. The molecule has 0 spiro atoms. The van der Waals surface area contributed by atoms with E-state index in [0.717, 1.165) is 5.56 Å². The van der Waals surface area contributed by atoms with E-state index in [1.165, 1.54) is 12.1 Å². The molecule has 0 aliphatic carbocycles. The molecule has 0 saturated heterocycles. The lowest BCUT2D eigenvalue weighted by Crippen LogP contribution is -2.28. The zero-order valence-electron chi connectivity index (χ0n) is 9.48. The molecule has 0 amide bonds. The summed E-state index contributed by atoms with van der Waals surface area (Å²) < 4.78 is 18.2. The number of benzene rings is 1. The summed E-state index contributed by atoms with van der Waals surface area (Å²) in [6.45, 7) is 3.36. The van der Waals surface area contributed by atoms with Crippen molar-refractivity contribution in [3.63, 3.8) is 0 Å². The van der Waals surface area contributed by atoms with Crippen LogP contribution in [0.5, 0.6) is 0 Å². The van der Waals surface area contributed by atoms with E-state index in [4.69, 9.17) is 9.84 Å². The molecule has 1 aromatic carbocycles. The maximum atomic E-state index is 12.7. The number of aliphatic hydroxyl groups excluding tert-OH is 2. The van der Waals surface area contributed by atoms with Crippen molar-refractivity contribution in [2.75, 3.05) is 13.2 Å². The molecule has 1 aromatic rings. The number of hydrogen-bond donors (Lipinski definition) is 2. The number of hydrogen-bond acceptors (Lipinski definition) is 3. The Hall–Kier alpha value is -0.970. The van der Waals surface area contributed by atoms with Gasteiger partial charge in [-0.1, -0.05) is 12.1 Å². The molecule has 0 unspecified atom stereocenters. The molecule has 3 nitrogen and oxygen atoms in total. The first-order valence-corrected chi connectivity index (χ1v) is 5.14. The van der Waals surface area contributed by atoms with Gasteiger partial charge in [-0.15, -0.1) is 0 Å². The molecular formula is C12H17FO3. The lowest BCUT2D eigenvalue weighted by atomic mass is 9.98. The molecule has 0 aromatic heterocycles. The quantitative estimate of drug-likeness (QED) is 0.801. The van der Waals surface area contributed by atoms with E-state index in [1.807, 2.05) is 13.8 Å². The number of halogens is 1. The summed E-state index contributed by atoms with van der Waals surface area (Å²) in [7, 11) is 0. The van der Waals surface area contributed by atoms with Crippen molar-refractivity contribution in [3.05, 3.63) is 35.6 Å². The van der Waals surface area contributed by atoms with E-state index in [0.29, 0.717) is 0 Å². The number of rotatable bonds is 5. The second-order valence-corrected chi connectivity index (χ2v) is 4.16. The summed E-state index contributed by atoms with van der Waals surface area (Å²) in [6.07, 6.45) is -0.889. The summed E-state index contributed by atoms with van der Waals surface area (Å²) >= 11 is 0. The Morgan fingerprint density at radius 2 is 1.88 bits per heavy atom. The molecule has 0 radical (unpaired) electrons. The van der Waals surface area contributed by atoms with E-state index >= 15 is 0 Å². The van der Waals surface area contributed by atoms with Crippen LogP contribution >= 0.6 is 0 Å². The predicted octanol–water partition coefficient (Wildman–Crippen LogP) is 1.43. The van der Waals surface area contributed by atoms with Crippen LogP contribution in [0.15, 0.2) is 24.3 Å². The molecule has 0 aliphatic heterocycles. The van der Waals surface area contributed by atoms with Gasteiger partial charge in [0.2, 0.25) is 0 Å². The summed E-state index contributed by atoms with van der Waals surface area (Å²) in [4.78, 5) is 0. The summed E-state index contributed by atoms with van der Waals surface area (Å²) in [6, 6.07) is 6.01. The van der Waals surface area contributed by atoms with Gasteiger partial charge in [-0.2, -0.15) is 0 Å². The minimum atomic E-state index is -0.889. The SMILES string of the molecule is CC(C)(OC[C@@H](O)CO)c1ccc(F)cc1. The van der Waals surface area contributed by atoms with Crippen molar-refractivity contribution < 1.29 is 19.3 Å². The van der Waals surface area contributed by atoms with Gasteiger partial charge in [0.05, 0.1) is 18.8 Å². The maximum Gasteiger partial charge on any atom is 0.123 e. The first-order chi connectivity index (χ1) is 7.45. The molecule has 0 saturated carbocycles. The Morgan fingerprint density at radius 3 is 2.38 bits per heavy atom. The fourth-order valence-electron chi connectivity index (χ4n) is 1.29. The highest BCUT2D eigenvalue weighted by Gasteiger charge is 2.22. The van der Waals surface area contributed by atoms with Crippen molar-refractivity contribution in [1.82, 2.24) is 0 Å². The van der Waals surface area contributed by atoms with Gasteiger partial charge in [0, 0.05) is 0 Å². The van der Waals surface area contributed by atoms with Crippen LogP contribution in [0, 0.1) is 5.82 Å². The normalized spacial score (nSPS) is 13.8. The van der Waals surface area contributed by atoms with Gasteiger partial charge in [-0.3, -0.25) is 0 Å². The first-order valence-electron chi connectivity index (χ1n) is 5.14. The average Bonchev–Trinajstić information content (AvgIpc) is 2.26. The van der Waals surface area contributed by atoms with Crippen molar-refractivity contribution in [3.8, 4) is 0 Å². The third-order valence-corrected chi connectivity index (χ3v) is 2.39. The van der Waals surface area contributed by atoms with Crippen LogP contribution in [0.4, 0.5) is 4.39 Å². The molecule has 0 aliphatic rings. The Morgan fingerprint density at radius 1 is 1.31 bits per heavy atom. The average molecular weight is 228 g/mol. The minimum absolute atomic E-state index is 0.0425. The van der Waals surface area contributed by atoms with Crippen molar-refractivity contribution >= 4 is 0 Å². The molecule has 4 heteroatoms. The van der Waals surface area contributed by atoms with Gasteiger partial charge in [-0.05, 0) is 31.5 Å². The Balaban J connectivity index is 2.66. The van der Waals surface area contributed by atoms with Crippen molar-refractivity contribution in [1.29, 1.82) is 0 Å². The molecule has 1 atom stereocenters. The third-order valence-electron chi connectivity index (χ3n) is 2.39. The van der Waals surface area contributed by atoms with Crippen LogP contribution in [-0.2, 0) is 10.3 Å². The summed E-state index contributed by atoms with van der Waals surface area (Å²) in [5, 5.41) is 17.8. The Bertz CT molecular complexity index is 322. The molecular weight excluding hydrogens is 211 g/mol. The molecule has 0 fully saturated rings. The number of ether oxygens (including phenoxy) is 1. The summed E-state index contributed by atoms with van der Waals surface area (Å²) in [5.74, 6) is -0.296. The maximum absolute atomic E-state index is 12.7. The highest BCUT2D eigenvalue weighted by molar-refractivity contribution is 5.21.